The van der Waals surface area contributed by atoms with Crippen molar-refractivity contribution >= 4 is 5.65 Å². The van der Waals surface area contributed by atoms with Crippen molar-refractivity contribution in [3.8, 4) is 22.5 Å². The fraction of sp³-hybridized carbons (Fsp3) is 0.0556. The number of alkyl halides is 3. The third-order valence-electron chi connectivity index (χ3n) is 3.81. The van der Waals surface area contributed by atoms with Crippen LogP contribution in [0.25, 0.3) is 28.2 Å². The van der Waals surface area contributed by atoms with E-state index in [1.807, 2.05) is 6.07 Å². The minimum absolute atomic E-state index is 0.391. The second-order valence-electron chi connectivity index (χ2n) is 5.45. The highest BCUT2D eigenvalue weighted by atomic mass is 19.4. The molecule has 0 N–H and O–H groups in total. The van der Waals surface area contributed by atoms with Crippen LogP contribution in [0.2, 0.25) is 0 Å². The van der Waals surface area contributed by atoms with Gasteiger partial charge in [-0.1, -0.05) is 12.1 Å². The highest BCUT2D eigenvalue weighted by Gasteiger charge is 2.30. The third-order valence-corrected chi connectivity index (χ3v) is 3.81. The van der Waals surface area contributed by atoms with Crippen LogP contribution in [0.15, 0.2) is 67.1 Å². The Kier molecular flexibility index (Phi) is 3.49. The van der Waals surface area contributed by atoms with Gasteiger partial charge in [-0.25, -0.2) is 9.50 Å². The number of aromatic nitrogens is 4. The number of nitrogens with zero attached hydrogens (tertiary/aromatic N) is 4. The number of benzene rings is 1. The molecule has 7 heteroatoms. The first-order chi connectivity index (χ1) is 12.0. The van der Waals surface area contributed by atoms with Gasteiger partial charge in [-0.2, -0.15) is 18.3 Å². The lowest BCUT2D eigenvalue weighted by Gasteiger charge is -2.09. The Bertz CT molecular complexity index is 1040. The lowest BCUT2D eigenvalue weighted by atomic mass is 10.1. The average molecular weight is 340 g/mol. The first-order valence-corrected chi connectivity index (χ1v) is 7.45. The van der Waals surface area contributed by atoms with E-state index >= 15 is 0 Å². The van der Waals surface area contributed by atoms with E-state index in [1.54, 1.807) is 47.4 Å². The zero-order valence-corrected chi connectivity index (χ0v) is 12.8. The zero-order chi connectivity index (χ0) is 17.4. The number of fused-ring (bicyclic) bond motifs is 1. The number of pyridine rings is 1. The lowest BCUT2D eigenvalue weighted by molar-refractivity contribution is -0.137. The topological polar surface area (TPSA) is 43.1 Å². The van der Waals surface area contributed by atoms with Crippen LogP contribution in [0, 0.1) is 0 Å². The molecule has 3 aromatic heterocycles. The van der Waals surface area contributed by atoms with Crippen LogP contribution in [-0.2, 0) is 6.18 Å². The Labute approximate surface area is 140 Å². The molecule has 0 radical (unpaired) electrons. The first kappa shape index (κ1) is 15.3. The monoisotopic (exact) mass is 340 g/mol. The quantitative estimate of drug-likeness (QED) is 0.540. The van der Waals surface area contributed by atoms with E-state index in [-0.39, 0.29) is 0 Å². The van der Waals surface area contributed by atoms with Crippen molar-refractivity contribution in [2.45, 2.75) is 6.18 Å². The van der Waals surface area contributed by atoms with E-state index in [1.165, 1.54) is 6.07 Å². The summed E-state index contributed by atoms with van der Waals surface area (Å²) >= 11 is 0. The van der Waals surface area contributed by atoms with E-state index < -0.39 is 11.7 Å². The summed E-state index contributed by atoms with van der Waals surface area (Å²) in [6.07, 6.45) is 0.613. The van der Waals surface area contributed by atoms with Gasteiger partial charge >= 0.3 is 6.18 Å². The molecule has 0 unspecified atom stereocenters. The van der Waals surface area contributed by atoms with Gasteiger partial charge in [0.2, 0.25) is 0 Å². The lowest BCUT2D eigenvalue weighted by Crippen LogP contribution is -2.05. The largest absolute Gasteiger partial charge is 0.416 e. The smallest absolute Gasteiger partial charge is 0.264 e. The van der Waals surface area contributed by atoms with Crippen molar-refractivity contribution < 1.29 is 13.2 Å². The summed E-state index contributed by atoms with van der Waals surface area (Å²) in [4.78, 5) is 8.35. The van der Waals surface area contributed by atoms with E-state index in [2.05, 4.69) is 15.1 Å². The van der Waals surface area contributed by atoms with Crippen LogP contribution >= 0.6 is 0 Å². The second kappa shape index (κ2) is 5.70. The van der Waals surface area contributed by atoms with Gasteiger partial charge in [-0.05, 0) is 36.4 Å². The molecule has 0 bridgehead atoms. The van der Waals surface area contributed by atoms with Crippen molar-refractivity contribution in [3.05, 3.63) is 72.7 Å². The van der Waals surface area contributed by atoms with Gasteiger partial charge in [0.05, 0.1) is 23.1 Å². The summed E-state index contributed by atoms with van der Waals surface area (Å²) in [5, 5.41) is 4.46. The van der Waals surface area contributed by atoms with Gasteiger partial charge in [-0.15, -0.1) is 0 Å². The molecule has 25 heavy (non-hydrogen) atoms. The molecular formula is C18H11F3N4. The van der Waals surface area contributed by atoms with Gasteiger partial charge in [0.1, 0.15) is 0 Å². The maximum atomic E-state index is 12.9. The predicted octanol–water partition coefficient (Wildman–Crippen LogP) is 4.48. The third kappa shape index (κ3) is 2.84. The summed E-state index contributed by atoms with van der Waals surface area (Å²) < 4.78 is 40.4. The van der Waals surface area contributed by atoms with E-state index in [9.17, 15) is 13.2 Å². The maximum absolute atomic E-state index is 12.9. The maximum Gasteiger partial charge on any atom is 0.416 e. The van der Waals surface area contributed by atoms with Crippen molar-refractivity contribution in [3.63, 3.8) is 0 Å². The van der Waals surface area contributed by atoms with E-state index in [4.69, 9.17) is 0 Å². The van der Waals surface area contributed by atoms with Crippen molar-refractivity contribution in [1.29, 1.82) is 0 Å². The highest BCUT2D eigenvalue weighted by molar-refractivity contribution is 5.65. The highest BCUT2D eigenvalue weighted by Crippen LogP contribution is 2.32. The van der Waals surface area contributed by atoms with Gasteiger partial charge in [-0.3, -0.25) is 4.98 Å². The molecule has 0 saturated heterocycles. The van der Waals surface area contributed by atoms with Crippen LogP contribution in [0.5, 0.6) is 0 Å². The van der Waals surface area contributed by atoms with Crippen LogP contribution in [0.4, 0.5) is 13.2 Å². The first-order valence-electron chi connectivity index (χ1n) is 7.45. The fourth-order valence-corrected chi connectivity index (χ4v) is 2.59. The SMILES string of the molecule is FC(F)(F)c1cccc(-c2ccc3ncc(-c4cccnc4)n3n2)c1. The summed E-state index contributed by atoms with van der Waals surface area (Å²) in [5.74, 6) is 0. The summed E-state index contributed by atoms with van der Waals surface area (Å²) in [5.41, 5.74) is 2.27. The van der Waals surface area contributed by atoms with Gasteiger partial charge < -0.3 is 0 Å². The molecule has 4 aromatic rings. The molecular weight excluding hydrogens is 329 g/mol. The molecule has 4 nitrogen and oxygen atoms in total. The number of halogens is 3. The van der Waals surface area contributed by atoms with E-state index in [0.29, 0.717) is 16.9 Å². The number of rotatable bonds is 2. The summed E-state index contributed by atoms with van der Waals surface area (Å²) in [7, 11) is 0. The van der Waals surface area contributed by atoms with E-state index in [0.717, 1.165) is 23.4 Å². The number of imidazole rings is 1. The Morgan fingerprint density at radius 2 is 1.72 bits per heavy atom. The van der Waals surface area contributed by atoms with Crippen LogP contribution in [0.3, 0.4) is 0 Å². The molecule has 124 valence electrons. The molecule has 0 saturated carbocycles. The van der Waals surface area contributed by atoms with Crippen molar-refractivity contribution in [1.82, 2.24) is 19.6 Å². The normalized spacial score (nSPS) is 11.8. The standard InChI is InChI=1S/C18H11F3N4/c19-18(20,21)14-5-1-3-12(9-14)15-6-7-17-23-11-16(25(17)24-15)13-4-2-8-22-10-13/h1-11H. The minimum atomic E-state index is -4.39. The fourth-order valence-electron chi connectivity index (χ4n) is 2.59. The number of hydrogen-bond acceptors (Lipinski definition) is 3. The predicted molar refractivity (Wildman–Crippen MR) is 86.7 cm³/mol. The molecule has 3 heterocycles. The molecule has 0 aliphatic carbocycles. The Morgan fingerprint density at radius 1 is 0.880 bits per heavy atom. The summed E-state index contributed by atoms with van der Waals surface area (Å²) in [6, 6.07) is 12.2. The molecule has 1 aromatic carbocycles. The molecule has 0 amide bonds. The molecule has 4 rings (SSSR count). The Hall–Kier alpha value is -3.22. The molecule has 0 aliphatic rings. The Balaban J connectivity index is 1.85. The minimum Gasteiger partial charge on any atom is -0.264 e. The van der Waals surface area contributed by atoms with Crippen molar-refractivity contribution in [2.24, 2.45) is 0 Å². The molecule has 0 aliphatic heterocycles. The van der Waals surface area contributed by atoms with Crippen LogP contribution < -0.4 is 0 Å². The number of hydrogen-bond donors (Lipinski definition) is 0. The van der Waals surface area contributed by atoms with Crippen LogP contribution in [0.1, 0.15) is 5.56 Å². The van der Waals surface area contributed by atoms with Gasteiger partial charge in [0.25, 0.3) is 0 Å². The molecule has 0 fully saturated rings. The molecule has 0 spiro atoms. The van der Waals surface area contributed by atoms with Crippen LogP contribution in [-0.4, -0.2) is 19.6 Å². The molecule has 0 atom stereocenters. The second-order valence-corrected chi connectivity index (χ2v) is 5.45. The zero-order valence-electron chi connectivity index (χ0n) is 12.8. The Morgan fingerprint density at radius 3 is 2.48 bits per heavy atom. The van der Waals surface area contributed by atoms with Gasteiger partial charge in [0, 0.05) is 23.5 Å². The van der Waals surface area contributed by atoms with Gasteiger partial charge in [0.15, 0.2) is 5.65 Å². The van der Waals surface area contributed by atoms with Crippen molar-refractivity contribution in [2.75, 3.05) is 0 Å². The summed E-state index contributed by atoms with van der Waals surface area (Å²) in [6.45, 7) is 0. The average Bonchev–Trinajstić information content (AvgIpc) is 3.05.